The SMILES string of the molecule is COc1cc(N2CCC(N)CC2)ccc1Cl. The van der Waals surface area contributed by atoms with Crippen molar-refractivity contribution in [2.45, 2.75) is 18.9 Å². The molecule has 1 fully saturated rings. The molecule has 88 valence electrons. The molecule has 1 aromatic carbocycles. The van der Waals surface area contributed by atoms with Crippen molar-refractivity contribution >= 4 is 17.3 Å². The number of rotatable bonds is 2. The molecule has 1 aromatic rings. The summed E-state index contributed by atoms with van der Waals surface area (Å²) in [5, 5.41) is 0.653. The fraction of sp³-hybridized carbons (Fsp3) is 0.500. The third-order valence-electron chi connectivity index (χ3n) is 3.04. The zero-order valence-electron chi connectivity index (χ0n) is 9.45. The first-order valence-electron chi connectivity index (χ1n) is 5.55. The topological polar surface area (TPSA) is 38.5 Å². The average molecular weight is 241 g/mol. The number of benzene rings is 1. The Morgan fingerprint density at radius 3 is 2.69 bits per heavy atom. The van der Waals surface area contributed by atoms with Crippen molar-refractivity contribution in [1.82, 2.24) is 0 Å². The monoisotopic (exact) mass is 240 g/mol. The highest BCUT2D eigenvalue weighted by Crippen LogP contribution is 2.30. The lowest BCUT2D eigenvalue weighted by atomic mass is 10.1. The number of piperidine rings is 1. The molecule has 0 aromatic heterocycles. The van der Waals surface area contributed by atoms with E-state index >= 15 is 0 Å². The predicted octanol–water partition coefficient (Wildman–Crippen LogP) is 2.28. The highest BCUT2D eigenvalue weighted by atomic mass is 35.5. The van der Waals surface area contributed by atoms with E-state index in [1.165, 1.54) is 0 Å². The summed E-state index contributed by atoms with van der Waals surface area (Å²) in [7, 11) is 1.64. The molecule has 16 heavy (non-hydrogen) atoms. The lowest BCUT2D eigenvalue weighted by Crippen LogP contribution is -2.39. The van der Waals surface area contributed by atoms with Crippen LogP contribution in [0.2, 0.25) is 5.02 Å². The maximum Gasteiger partial charge on any atom is 0.139 e. The summed E-state index contributed by atoms with van der Waals surface area (Å²) < 4.78 is 5.21. The molecule has 2 N–H and O–H groups in total. The van der Waals surface area contributed by atoms with Gasteiger partial charge in [0.05, 0.1) is 12.1 Å². The van der Waals surface area contributed by atoms with Crippen LogP contribution in [0.1, 0.15) is 12.8 Å². The highest BCUT2D eigenvalue weighted by Gasteiger charge is 2.17. The second-order valence-corrected chi connectivity index (χ2v) is 4.55. The van der Waals surface area contributed by atoms with Crippen molar-refractivity contribution in [3.05, 3.63) is 23.2 Å². The fourth-order valence-electron chi connectivity index (χ4n) is 2.00. The molecule has 1 heterocycles. The second kappa shape index (κ2) is 4.93. The Labute approximate surface area is 101 Å². The van der Waals surface area contributed by atoms with E-state index in [0.29, 0.717) is 11.1 Å². The Balaban J connectivity index is 2.14. The van der Waals surface area contributed by atoms with Gasteiger partial charge in [0.25, 0.3) is 0 Å². The van der Waals surface area contributed by atoms with Gasteiger partial charge in [0.2, 0.25) is 0 Å². The standard InChI is InChI=1S/C12H17ClN2O/c1-16-12-8-10(2-3-11(12)13)15-6-4-9(14)5-7-15/h2-3,8-9H,4-7,14H2,1H3. The van der Waals surface area contributed by atoms with Crippen LogP contribution in [0, 0.1) is 0 Å². The maximum absolute atomic E-state index is 5.99. The van der Waals surface area contributed by atoms with Crippen LogP contribution in [-0.2, 0) is 0 Å². The molecular weight excluding hydrogens is 224 g/mol. The minimum Gasteiger partial charge on any atom is -0.495 e. The molecular formula is C12H17ClN2O. The van der Waals surface area contributed by atoms with Crippen LogP contribution >= 0.6 is 11.6 Å². The van der Waals surface area contributed by atoms with Crippen LogP contribution < -0.4 is 15.4 Å². The van der Waals surface area contributed by atoms with Crippen molar-refractivity contribution < 1.29 is 4.74 Å². The van der Waals surface area contributed by atoms with Crippen LogP contribution in [0.4, 0.5) is 5.69 Å². The zero-order valence-corrected chi connectivity index (χ0v) is 10.2. The minimum absolute atomic E-state index is 0.352. The third kappa shape index (κ3) is 2.42. The summed E-state index contributed by atoms with van der Waals surface area (Å²) in [4.78, 5) is 2.32. The Morgan fingerprint density at radius 1 is 1.38 bits per heavy atom. The molecule has 0 radical (unpaired) electrons. The highest BCUT2D eigenvalue weighted by molar-refractivity contribution is 6.32. The summed E-state index contributed by atoms with van der Waals surface area (Å²) >= 11 is 5.99. The number of nitrogens with zero attached hydrogens (tertiary/aromatic N) is 1. The van der Waals surface area contributed by atoms with Crippen LogP contribution in [0.25, 0.3) is 0 Å². The van der Waals surface area contributed by atoms with E-state index in [4.69, 9.17) is 22.1 Å². The van der Waals surface area contributed by atoms with Crippen molar-refractivity contribution in [2.24, 2.45) is 5.73 Å². The molecule has 0 bridgehead atoms. The van der Waals surface area contributed by atoms with Crippen molar-refractivity contribution in [2.75, 3.05) is 25.1 Å². The molecule has 1 aliphatic heterocycles. The normalized spacial score (nSPS) is 17.6. The van der Waals surface area contributed by atoms with E-state index < -0.39 is 0 Å². The van der Waals surface area contributed by atoms with Crippen LogP contribution in [-0.4, -0.2) is 26.2 Å². The van der Waals surface area contributed by atoms with E-state index in [1.807, 2.05) is 18.2 Å². The maximum atomic E-state index is 5.99. The third-order valence-corrected chi connectivity index (χ3v) is 3.35. The van der Waals surface area contributed by atoms with Gasteiger partial charge < -0.3 is 15.4 Å². The van der Waals surface area contributed by atoms with Gasteiger partial charge in [-0.15, -0.1) is 0 Å². The summed E-state index contributed by atoms with van der Waals surface area (Å²) in [5.41, 5.74) is 7.04. The predicted molar refractivity (Wildman–Crippen MR) is 67.4 cm³/mol. The quantitative estimate of drug-likeness (QED) is 0.862. The Bertz CT molecular complexity index is 362. The lowest BCUT2D eigenvalue weighted by molar-refractivity contribution is 0.414. The van der Waals surface area contributed by atoms with E-state index in [1.54, 1.807) is 7.11 Å². The van der Waals surface area contributed by atoms with Gasteiger partial charge in [0.15, 0.2) is 0 Å². The Kier molecular flexibility index (Phi) is 3.56. The Hall–Kier alpha value is -0.930. The van der Waals surface area contributed by atoms with Gasteiger partial charge >= 0.3 is 0 Å². The molecule has 0 spiro atoms. The van der Waals surface area contributed by atoms with Crippen LogP contribution in [0.15, 0.2) is 18.2 Å². The number of ether oxygens (including phenoxy) is 1. The summed E-state index contributed by atoms with van der Waals surface area (Å²) in [5.74, 6) is 0.731. The molecule has 1 saturated heterocycles. The fourth-order valence-corrected chi connectivity index (χ4v) is 2.20. The number of nitrogens with two attached hydrogens (primary N) is 1. The number of hydrogen-bond donors (Lipinski definition) is 1. The van der Waals surface area contributed by atoms with Crippen molar-refractivity contribution in [3.8, 4) is 5.75 Å². The smallest absolute Gasteiger partial charge is 0.139 e. The first-order chi connectivity index (χ1) is 7.70. The van der Waals surface area contributed by atoms with E-state index in [2.05, 4.69) is 4.90 Å². The summed E-state index contributed by atoms with van der Waals surface area (Å²) in [6.45, 7) is 2.01. The minimum atomic E-state index is 0.352. The molecule has 0 aliphatic carbocycles. The second-order valence-electron chi connectivity index (χ2n) is 4.14. The van der Waals surface area contributed by atoms with E-state index in [9.17, 15) is 0 Å². The number of hydrogen-bond acceptors (Lipinski definition) is 3. The summed E-state index contributed by atoms with van der Waals surface area (Å²) in [6, 6.07) is 6.25. The molecule has 0 atom stereocenters. The van der Waals surface area contributed by atoms with E-state index in [-0.39, 0.29) is 0 Å². The van der Waals surface area contributed by atoms with E-state index in [0.717, 1.165) is 37.4 Å². The van der Waals surface area contributed by atoms with Crippen molar-refractivity contribution in [3.63, 3.8) is 0 Å². The molecule has 4 heteroatoms. The molecule has 3 nitrogen and oxygen atoms in total. The van der Waals surface area contributed by atoms with Gasteiger partial charge in [0.1, 0.15) is 5.75 Å². The zero-order chi connectivity index (χ0) is 11.5. The average Bonchev–Trinajstić information content (AvgIpc) is 2.31. The van der Waals surface area contributed by atoms with Crippen LogP contribution in [0.5, 0.6) is 5.75 Å². The first kappa shape index (κ1) is 11.6. The largest absolute Gasteiger partial charge is 0.495 e. The molecule has 2 rings (SSSR count). The van der Waals surface area contributed by atoms with Crippen molar-refractivity contribution in [1.29, 1.82) is 0 Å². The molecule has 0 saturated carbocycles. The number of halogens is 1. The molecule has 0 unspecified atom stereocenters. The van der Waals surface area contributed by atoms with Gasteiger partial charge in [0, 0.05) is 30.9 Å². The number of anilines is 1. The number of methoxy groups -OCH3 is 1. The van der Waals surface area contributed by atoms with Gasteiger partial charge in [-0.2, -0.15) is 0 Å². The van der Waals surface area contributed by atoms with Crippen LogP contribution in [0.3, 0.4) is 0 Å². The first-order valence-corrected chi connectivity index (χ1v) is 5.92. The molecule has 1 aliphatic rings. The Morgan fingerprint density at radius 2 is 2.06 bits per heavy atom. The lowest BCUT2D eigenvalue weighted by Gasteiger charge is -2.32. The van der Waals surface area contributed by atoms with Gasteiger partial charge in [-0.05, 0) is 25.0 Å². The van der Waals surface area contributed by atoms with Gasteiger partial charge in [-0.3, -0.25) is 0 Å². The molecule has 0 amide bonds. The summed E-state index contributed by atoms with van der Waals surface area (Å²) in [6.07, 6.45) is 2.09. The van der Waals surface area contributed by atoms with Gasteiger partial charge in [-0.25, -0.2) is 0 Å². The van der Waals surface area contributed by atoms with Gasteiger partial charge in [-0.1, -0.05) is 11.6 Å².